The Labute approximate surface area is 129 Å². The molecule has 0 N–H and O–H groups in total. The number of methoxy groups -OCH3 is 1. The standard InChI is InChI=1S/C18H15ClO2/c1-21-18-13-7-3-9-14(18)8-2-6-12-17(20)15-10-4-5-11-16(15)19/h2-13H,1H3/b8-2+,12-6+. The number of carbonyl (C=O) groups excluding carboxylic acids is 1. The number of ether oxygens (including phenoxy) is 1. The van der Waals surface area contributed by atoms with E-state index in [2.05, 4.69) is 0 Å². The van der Waals surface area contributed by atoms with Gasteiger partial charge in [-0.3, -0.25) is 4.79 Å². The van der Waals surface area contributed by atoms with E-state index in [4.69, 9.17) is 16.3 Å². The molecule has 0 atom stereocenters. The fraction of sp³-hybridized carbons (Fsp3) is 0.0556. The minimum atomic E-state index is -0.120. The third-order valence-electron chi connectivity index (χ3n) is 2.91. The molecule has 0 unspecified atom stereocenters. The lowest BCUT2D eigenvalue weighted by Gasteiger charge is -2.02. The monoisotopic (exact) mass is 298 g/mol. The first-order chi connectivity index (χ1) is 10.2. The predicted octanol–water partition coefficient (Wildman–Crippen LogP) is 4.80. The number of ketones is 1. The molecular weight excluding hydrogens is 284 g/mol. The van der Waals surface area contributed by atoms with Gasteiger partial charge in [0.25, 0.3) is 0 Å². The Hall–Kier alpha value is -2.32. The van der Waals surface area contributed by atoms with Crippen LogP contribution in [0.4, 0.5) is 0 Å². The van der Waals surface area contributed by atoms with E-state index in [9.17, 15) is 4.79 Å². The molecule has 0 bridgehead atoms. The van der Waals surface area contributed by atoms with Crippen molar-refractivity contribution in [2.75, 3.05) is 7.11 Å². The van der Waals surface area contributed by atoms with Gasteiger partial charge in [-0.1, -0.05) is 60.2 Å². The van der Waals surface area contributed by atoms with E-state index < -0.39 is 0 Å². The molecule has 0 aliphatic heterocycles. The summed E-state index contributed by atoms with van der Waals surface area (Å²) in [6.45, 7) is 0. The number of benzene rings is 2. The van der Waals surface area contributed by atoms with Crippen molar-refractivity contribution in [3.05, 3.63) is 82.9 Å². The largest absolute Gasteiger partial charge is 0.496 e. The maximum Gasteiger partial charge on any atom is 0.187 e. The number of para-hydroxylation sites is 1. The molecule has 2 aromatic carbocycles. The van der Waals surface area contributed by atoms with Crippen molar-refractivity contribution in [2.45, 2.75) is 0 Å². The highest BCUT2D eigenvalue weighted by molar-refractivity contribution is 6.34. The van der Waals surface area contributed by atoms with Gasteiger partial charge in [-0.05, 0) is 24.3 Å². The first-order valence-electron chi connectivity index (χ1n) is 6.49. The number of hydrogen-bond acceptors (Lipinski definition) is 2. The smallest absolute Gasteiger partial charge is 0.187 e. The fourth-order valence-electron chi connectivity index (χ4n) is 1.86. The molecule has 0 heterocycles. The van der Waals surface area contributed by atoms with Crippen LogP contribution in [-0.4, -0.2) is 12.9 Å². The Bertz CT molecular complexity index is 687. The van der Waals surface area contributed by atoms with Gasteiger partial charge in [0.05, 0.1) is 12.1 Å². The van der Waals surface area contributed by atoms with Gasteiger partial charge in [-0.2, -0.15) is 0 Å². The summed E-state index contributed by atoms with van der Waals surface area (Å²) in [5, 5.41) is 0.459. The Morgan fingerprint density at radius 3 is 2.52 bits per heavy atom. The summed E-state index contributed by atoms with van der Waals surface area (Å²) in [6.07, 6.45) is 6.87. The van der Waals surface area contributed by atoms with Gasteiger partial charge >= 0.3 is 0 Å². The van der Waals surface area contributed by atoms with Crippen LogP contribution < -0.4 is 4.74 Å². The second-order valence-electron chi connectivity index (χ2n) is 4.30. The van der Waals surface area contributed by atoms with E-state index in [0.29, 0.717) is 10.6 Å². The molecule has 0 aliphatic carbocycles. The maximum absolute atomic E-state index is 12.0. The Balaban J connectivity index is 2.07. The maximum atomic E-state index is 12.0. The fourth-order valence-corrected chi connectivity index (χ4v) is 2.09. The lowest BCUT2D eigenvalue weighted by Crippen LogP contribution is -1.94. The first-order valence-corrected chi connectivity index (χ1v) is 6.87. The van der Waals surface area contributed by atoms with E-state index in [-0.39, 0.29) is 5.78 Å². The Morgan fingerprint density at radius 2 is 1.76 bits per heavy atom. The number of hydrogen-bond donors (Lipinski definition) is 0. The molecule has 0 spiro atoms. The molecule has 0 aromatic heterocycles. The van der Waals surface area contributed by atoms with Gasteiger partial charge in [0.1, 0.15) is 5.75 Å². The molecule has 2 nitrogen and oxygen atoms in total. The average Bonchev–Trinajstić information content (AvgIpc) is 2.52. The van der Waals surface area contributed by atoms with Crippen molar-refractivity contribution in [3.63, 3.8) is 0 Å². The summed E-state index contributed by atoms with van der Waals surface area (Å²) >= 11 is 5.98. The summed E-state index contributed by atoms with van der Waals surface area (Å²) in [6, 6.07) is 14.7. The highest BCUT2D eigenvalue weighted by atomic mass is 35.5. The van der Waals surface area contributed by atoms with Gasteiger partial charge in [-0.15, -0.1) is 0 Å². The zero-order valence-electron chi connectivity index (χ0n) is 11.6. The van der Waals surface area contributed by atoms with Gasteiger partial charge < -0.3 is 4.74 Å². The SMILES string of the molecule is COc1ccccc1/C=C/C=C/C(=O)c1ccccc1Cl. The third kappa shape index (κ3) is 4.07. The van der Waals surface area contributed by atoms with E-state index in [1.807, 2.05) is 30.3 Å². The molecule has 2 rings (SSSR count). The second-order valence-corrected chi connectivity index (χ2v) is 4.71. The van der Waals surface area contributed by atoms with Crippen molar-refractivity contribution in [3.8, 4) is 5.75 Å². The highest BCUT2D eigenvalue weighted by Gasteiger charge is 2.04. The number of carbonyl (C=O) groups is 1. The van der Waals surface area contributed by atoms with Crippen LogP contribution in [0.2, 0.25) is 5.02 Å². The molecule has 3 heteroatoms. The van der Waals surface area contributed by atoms with Crippen LogP contribution in [0, 0.1) is 0 Å². The summed E-state index contributed by atoms with van der Waals surface area (Å²) in [4.78, 5) is 12.0. The molecule has 2 aromatic rings. The minimum absolute atomic E-state index is 0.120. The number of allylic oxidation sites excluding steroid dienone is 3. The topological polar surface area (TPSA) is 26.3 Å². The van der Waals surface area contributed by atoms with Crippen LogP contribution in [0.1, 0.15) is 15.9 Å². The Kier molecular flexibility index (Phi) is 5.35. The molecule has 0 saturated heterocycles. The molecule has 106 valence electrons. The van der Waals surface area contributed by atoms with Gasteiger partial charge in [-0.25, -0.2) is 0 Å². The molecule has 0 amide bonds. The lowest BCUT2D eigenvalue weighted by molar-refractivity contribution is 0.104. The molecule has 0 aliphatic rings. The van der Waals surface area contributed by atoms with Crippen molar-refractivity contribution in [2.24, 2.45) is 0 Å². The summed E-state index contributed by atoms with van der Waals surface area (Å²) in [7, 11) is 1.63. The third-order valence-corrected chi connectivity index (χ3v) is 3.24. The van der Waals surface area contributed by atoms with E-state index >= 15 is 0 Å². The minimum Gasteiger partial charge on any atom is -0.496 e. The molecule has 21 heavy (non-hydrogen) atoms. The first kappa shape index (κ1) is 15.1. The van der Waals surface area contributed by atoms with Crippen LogP contribution in [0.25, 0.3) is 6.08 Å². The van der Waals surface area contributed by atoms with Crippen molar-refractivity contribution >= 4 is 23.5 Å². The lowest BCUT2D eigenvalue weighted by atomic mass is 10.1. The summed E-state index contributed by atoms with van der Waals surface area (Å²) < 4.78 is 5.25. The van der Waals surface area contributed by atoms with Crippen LogP contribution in [0.5, 0.6) is 5.75 Å². The second kappa shape index (κ2) is 7.46. The van der Waals surface area contributed by atoms with Gasteiger partial charge in [0.15, 0.2) is 5.78 Å². The van der Waals surface area contributed by atoms with Gasteiger partial charge in [0.2, 0.25) is 0 Å². The zero-order chi connectivity index (χ0) is 15.1. The summed E-state index contributed by atoms with van der Waals surface area (Å²) in [5.41, 5.74) is 1.45. The van der Waals surface area contributed by atoms with E-state index in [1.165, 1.54) is 6.08 Å². The molecule has 0 radical (unpaired) electrons. The van der Waals surface area contributed by atoms with Crippen molar-refractivity contribution in [1.82, 2.24) is 0 Å². The number of halogens is 1. The van der Waals surface area contributed by atoms with Crippen molar-refractivity contribution < 1.29 is 9.53 Å². The van der Waals surface area contributed by atoms with E-state index in [1.54, 1.807) is 43.5 Å². The van der Waals surface area contributed by atoms with Crippen LogP contribution >= 0.6 is 11.6 Å². The van der Waals surface area contributed by atoms with Crippen LogP contribution in [0.15, 0.2) is 66.8 Å². The van der Waals surface area contributed by atoms with Crippen LogP contribution in [0.3, 0.4) is 0 Å². The van der Waals surface area contributed by atoms with Crippen LogP contribution in [-0.2, 0) is 0 Å². The Morgan fingerprint density at radius 1 is 1.05 bits per heavy atom. The normalized spacial score (nSPS) is 11.1. The average molecular weight is 299 g/mol. The zero-order valence-corrected chi connectivity index (χ0v) is 12.4. The molecule has 0 fully saturated rings. The quantitative estimate of drug-likeness (QED) is 0.450. The molecular formula is C18H15ClO2. The van der Waals surface area contributed by atoms with E-state index in [0.717, 1.165) is 11.3 Å². The predicted molar refractivity (Wildman–Crippen MR) is 87.0 cm³/mol. The summed E-state index contributed by atoms with van der Waals surface area (Å²) in [5.74, 6) is 0.671. The number of rotatable bonds is 5. The highest BCUT2D eigenvalue weighted by Crippen LogP contribution is 2.19. The molecule has 0 saturated carbocycles. The van der Waals surface area contributed by atoms with Gasteiger partial charge in [0, 0.05) is 11.1 Å². The van der Waals surface area contributed by atoms with Crippen molar-refractivity contribution in [1.29, 1.82) is 0 Å².